The number of carbonyl (C=O) groups is 2. The van der Waals surface area contributed by atoms with Crippen molar-refractivity contribution < 1.29 is 19.1 Å². The fourth-order valence-corrected chi connectivity index (χ4v) is 2.24. The van der Waals surface area contributed by atoms with Gasteiger partial charge in [0.2, 0.25) is 0 Å². The van der Waals surface area contributed by atoms with E-state index < -0.39 is 11.7 Å². The molecule has 0 aromatic heterocycles. The number of benzene rings is 2. The fraction of sp³-hybridized carbons (Fsp3) is 0.300. The summed E-state index contributed by atoms with van der Waals surface area (Å²) >= 11 is 0. The minimum Gasteiger partial charge on any atom is -0.488 e. The van der Waals surface area contributed by atoms with E-state index in [4.69, 9.17) is 9.47 Å². The highest BCUT2D eigenvalue weighted by molar-refractivity contribution is 5.96. The van der Waals surface area contributed by atoms with Gasteiger partial charge in [-0.15, -0.1) is 0 Å². The molecule has 2 N–H and O–H groups in total. The average Bonchev–Trinajstić information content (AvgIpc) is 2.58. The number of ether oxygens (including phenoxy) is 2. The van der Waals surface area contributed by atoms with Crippen molar-refractivity contribution in [3.63, 3.8) is 0 Å². The van der Waals surface area contributed by atoms with Crippen LogP contribution in [0.25, 0.3) is 0 Å². The molecule has 6 nitrogen and oxygen atoms in total. The lowest BCUT2D eigenvalue weighted by molar-refractivity contribution is 0.0635. The first-order valence-corrected chi connectivity index (χ1v) is 8.31. The molecule has 0 saturated heterocycles. The summed E-state index contributed by atoms with van der Waals surface area (Å²) in [5.41, 5.74) is 1.37. The molecule has 2 rings (SSSR count). The van der Waals surface area contributed by atoms with Crippen LogP contribution >= 0.6 is 0 Å². The summed E-state index contributed by atoms with van der Waals surface area (Å²) in [4.78, 5) is 23.7. The number of hydrogen-bond acceptors (Lipinski definition) is 4. The lowest BCUT2D eigenvalue weighted by Gasteiger charge is -2.19. The predicted octanol–water partition coefficient (Wildman–Crippen LogP) is 3.97. The van der Waals surface area contributed by atoms with Gasteiger partial charge in [0.15, 0.2) is 0 Å². The van der Waals surface area contributed by atoms with Crippen LogP contribution in [0.4, 0.5) is 10.5 Å². The first kappa shape index (κ1) is 19.3. The van der Waals surface area contributed by atoms with Crippen LogP contribution in [0, 0.1) is 0 Å². The zero-order valence-electron chi connectivity index (χ0n) is 15.5. The molecule has 0 fully saturated rings. The molecule has 138 valence electrons. The topological polar surface area (TPSA) is 76.7 Å². The molecule has 0 aliphatic carbocycles. The summed E-state index contributed by atoms with van der Waals surface area (Å²) < 4.78 is 11.0. The molecular weight excluding hydrogens is 332 g/mol. The normalized spacial score (nSPS) is 10.8. The Morgan fingerprint density at radius 1 is 1.04 bits per heavy atom. The molecule has 0 spiro atoms. The van der Waals surface area contributed by atoms with Crippen LogP contribution in [0.5, 0.6) is 5.75 Å². The third-order valence-electron chi connectivity index (χ3n) is 3.33. The van der Waals surface area contributed by atoms with Crippen LogP contribution in [0.2, 0.25) is 0 Å². The highest BCUT2D eigenvalue weighted by Crippen LogP contribution is 2.20. The maximum Gasteiger partial charge on any atom is 0.412 e. The Hall–Kier alpha value is -3.02. The summed E-state index contributed by atoms with van der Waals surface area (Å²) in [6.45, 7) is 5.68. The Morgan fingerprint density at radius 3 is 2.46 bits per heavy atom. The summed E-state index contributed by atoms with van der Waals surface area (Å²) in [5.74, 6) is 0.290. The van der Waals surface area contributed by atoms with Crippen molar-refractivity contribution in [1.29, 1.82) is 0 Å². The van der Waals surface area contributed by atoms with Crippen LogP contribution in [-0.2, 0) is 11.3 Å². The zero-order chi connectivity index (χ0) is 19.2. The lowest BCUT2D eigenvalue weighted by atomic mass is 10.2. The average molecular weight is 356 g/mol. The highest BCUT2D eigenvalue weighted by Gasteiger charge is 2.16. The van der Waals surface area contributed by atoms with Gasteiger partial charge in [0.05, 0.1) is 5.56 Å². The zero-order valence-corrected chi connectivity index (χ0v) is 15.5. The number of para-hydroxylation sites is 1. The van der Waals surface area contributed by atoms with Gasteiger partial charge in [-0.25, -0.2) is 4.79 Å². The van der Waals surface area contributed by atoms with Crippen LogP contribution < -0.4 is 15.4 Å². The van der Waals surface area contributed by atoms with E-state index >= 15 is 0 Å². The Labute approximate surface area is 153 Å². The summed E-state index contributed by atoms with van der Waals surface area (Å²) in [5, 5.41) is 5.28. The fourth-order valence-electron chi connectivity index (χ4n) is 2.24. The molecule has 6 heteroatoms. The summed E-state index contributed by atoms with van der Waals surface area (Å²) in [6.07, 6.45) is -0.513. The van der Waals surface area contributed by atoms with E-state index in [2.05, 4.69) is 10.6 Å². The van der Waals surface area contributed by atoms with Crippen molar-refractivity contribution >= 4 is 17.7 Å². The van der Waals surface area contributed by atoms with Crippen molar-refractivity contribution in [3.05, 3.63) is 59.7 Å². The Kier molecular flexibility index (Phi) is 6.22. The lowest BCUT2D eigenvalue weighted by Crippen LogP contribution is -2.27. The van der Waals surface area contributed by atoms with Crippen molar-refractivity contribution in [2.75, 3.05) is 12.4 Å². The van der Waals surface area contributed by atoms with Crippen molar-refractivity contribution in [3.8, 4) is 5.75 Å². The number of rotatable bonds is 5. The molecule has 2 aromatic carbocycles. The molecule has 0 heterocycles. The van der Waals surface area contributed by atoms with Gasteiger partial charge in [0.25, 0.3) is 5.91 Å². The maximum atomic E-state index is 11.9. The standard InChI is InChI=1S/C20H24N2O4/c1-20(2,3)26-19(24)22-15-9-7-8-14(12-15)13-25-17-11-6-5-10-16(17)18(23)21-4/h5-12H,13H2,1-4H3,(H,21,23)(H,22,24). The van der Waals surface area contributed by atoms with Gasteiger partial charge >= 0.3 is 6.09 Å². The number of anilines is 1. The SMILES string of the molecule is CNC(=O)c1ccccc1OCc1cccc(NC(=O)OC(C)(C)C)c1. The molecule has 26 heavy (non-hydrogen) atoms. The molecule has 0 aliphatic heterocycles. The molecule has 0 unspecified atom stereocenters. The second-order valence-corrected chi connectivity index (χ2v) is 6.69. The summed E-state index contributed by atoms with van der Waals surface area (Å²) in [7, 11) is 1.57. The first-order chi connectivity index (χ1) is 12.3. The largest absolute Gasteiger partial charge is 0.488 e. The van der Waals surface area contributed by atoms with Crippen LogP contribution in [-0.4, -0.2) is 24.6 Å². The van der Waals surface area contributed by atoms with Gasteiger partial charge in [-0.3, -0.25) is 10.1 Å². The summed E-state index contributed by atoms with van der Waals surface area (Å²) in [6, 6.07) is 14.3. The molecule has 2 aromatic rings. The third-order valence-corrected chi connectivity index (χ3v) is 3.33. The van der Waals surface area contributed by atoms with Crippen LogP contribution in [0.15, 0.2) is 48.5 Å². The molecule has 2 amide bonds. The van der Waals surface area contributed by atoms with Crippen LogP contribution in [0.1, 0.15) is 36.7 Å². The minimum atomic E-state index is -0.561. The molecule has 0 aliphatic rings. The maximum absolute atomic E-state index is 11.9. The van der Waals surface area contributed by atoms with E-state index in [1.807, 2.05) is 18.2 Å². The van der Waals surface area contributed by atoms with E-state index in [1.54, 1.807) is 58.2 Å². The molecule has 0 atom stereocenters. The van der Waals surface area contributed by atoms with Gasteiger partial charge in [-0.05, 0) is 50.6 Å². The van der Waals surface area contributed by atoms with E-state index in [9.17, 15) is 9.59 Å². The van der Waals surface area contributed by atoms with Crippen LogP contribution in [0.3, 0.4) is 0 Å². The van der Waals surface area contributed by atoms with Crippen molar-refractivity contribution in [2.45, 2.75) is 33.0 Å². The second-order valence-electron chi connectivity index (χ2n) is 6.69. The predicted molar refractivity (Wildman–Crippen MR) is 100 cm³/mol. The molecule has 0 saturated carbocycles. The van der Waals surface area contributed by atoms with E-state index in [0.29, 0.717) is 17.0 Å². The van der Waals surface area contributed by atoms with E-state index in [0.717, 1.165) is 5.56 Å². The van der Waals surface area contributed by atoms with Crippen molar-refractivity contribution in [1.82, 2.24) is 5.32 Å². The Morgan fingerprint density at radius 2 is 1.77 bits per heavy atom. The quantitative estimate of drug-likeness (QED) is 0.850. The third kappa shape index (κ3) is 5.81. The monoisotopic (exact) mass is 356 g/mol. The number of amides is 2. The Balaban J connectivity index is 2.04. The first-order valence-electron chi connectivity index (χ1n) is 8.31. The van der Waals surface area contributed by atoms with Crippen molar-refractivity contribution in [2.24, 2.45) is 0 Å². The van der Waals surface area contributed by atoms with Gasteiger partial charge in [-0.1, -0.05) is 24.3 Å². The van der Waals surface area contributed by atoms with E-state index in [-0.39, 0.29) is 12.5 Å². The van der Waals surface area contributed by atoms with Gasteiger partial charge in [0.1, 0.15) is 18.0 Å². The number of hydrogen-bond donors (Lipinski definition) is 2. The Bertz CT molecular complexity index is 781. The van der Waals surface area contributed by atoms with Gasteiger partial charge in [-0.2, -0.15) is 0 Å². The van der Waals surface area contributed by atoms with Gasteiger partial charge < -0.3 is 14.8 Å². The number of carbonyl (C=O) groups excluding carboxylic acids is 2. The molecule has 0 bridgehead atoms. The smallest absolute Gasteiger partial charge is 0.412 e. The van der Waals surface area contributed by atoms with E-state index in [1.165, 1.54) is 0 Å². The number of nitrogens with one attached hydrogen (secondary N) is 2. The second kappa shape index (κ2) is 8.38. The van der Waals surface area contributed by atoms with Gasteiger partial charge in [0, 0.05) is 12.7 Å². The molecule has 0 radical (unpaired) electrons. The minimum absolute atomic E-state index is 0.207. The molecular formula is C20H24N2O4. The highest BCUT2D eigenvalue weighted by atomic mass is 16.6.